The molecule has 4 nitrogen and oxygen atoms in total. The van der Waals surface area contributed by atoms with Gasteiger partial charge in [0.25, 0.3) is 0 Å². The minimum absolute atomic E-state index is 0.0500. The summed E-state index contributed by atoms with van der Waals surface area (Å²) in [5.41, 5.74) is 3.59. The topological polar surface area (TPSA) is 48.3 Å². The normalized spacial score (nSPS) is 16.8. The number of benzene rings is 1. The van der Waals surface area contributed by atoms with Crippen LogP contribution in [0.2, 0.25) is 0 Å². The van der Waals surface area contributed by atoms with Gasteiger partial charge in [-0.05, 0) is 12.1 Å². The third-order valence-electron chi connectivity index (χ3n) is 2.42. The molecule has 1 heterocycles. The number of nitrogens with one attached hydrogen (secondary N) is 1. The van der Waals surface area contributed by atoms with Crippen LogP contribution in [0.1, 0.15) is 5.56 Å². The van der Waals surface area contributed by atoms with E-state index in [2.05, 4.69) is 5.43 Å². The van der Waals surface area contributed by atoms with E-state index in [4.69, 9.17) is 10.00 Å². The van der Waals surface area contributed by atoms with Gasteiger partial charge in [0.1, 0.15) is 17.4 Å². The number of hydrogen-bond acceptors (Lipinski definition) is 4. The van der Waals surface area contributed by atoms with Crippen molar-refractivity contribution in [3.63, 3.8) is 0 Å². The molecule has 0 saturated carbocycles. The highest BCUT2D eigenvalue weighted by atomic mass is 19.1. The fourth-order valence-electron chi connectivity index (χ4n) is 1.58. The van der Waals surface area contributed by atoms with Crippen LogP contribution in [0, 0.1) is 17.1 Å². The first kappa shape index (κ1) is 10.9. The van der Waals surface area contributed by atoms with Crippen LogP contribution >= 0.6 is 0 Å². The highest BCUT2D eigenvalue weighted by molar-refractivity contribution is 5.57. The van der Waals surface area contributed by atoms with Gasteiger partial charge in [-0.2, -0.15) is 5.26 Å². The van der Waals surface area contributed by atoms with Crippen LogP contribution in [-0.4, -0.2) is 31.3 Å². The van der Waals surface area contributed by atoms with Gasteiger partial charge in [-0.15, -0.1) is 0 Å². The van der Waals surface area contributed by atoms with E-state index in [9.17, 15) is 4.39 Å². The maximum atomic E-state index is 13.3. The first-order valence-electron chi connectivity index (χ1n) is 5.09. The van der Waals surface area contributed by atoms with E-state index in [0.717, 1.165) is 13.1 Å². The van der Waals surface area contributed by atoms with Crippen molar-refractivity contribution in [2.24, 2.45) is 0 Å². The van der Waals surface area contributed by atoms with Gasteiger partial charge in [0, 0.05) is 13.1 Å². The van der Waals surface area contributed by atoms with E-state index in [1.807, 2.05) is 11.1 Å². The SMILES string of the molecule is N#Cc1c(F)cccc1NN1CCOCC1. The Morgan fingerprint density at radius 1 is 1.38 bits per heavy atom. The summed E-state index contributed by atoms with van der Waals surface area (Å²) in [5.74, 6) is -0.499. The Morgan fingerprint density at radius 2 is 2.12 bits per heavy atom. The molecule has 2 rings (SSSR count). The molecule has 0 atom stereocenters. The summed E-state index contributed by atoms with van der Waals surface area (Å²) in [5, 5.41) is 10.8. The molecule has 0 unspecified atom stereocenters. The van der Waals surface area contributed by atoms with E-state index < -0.39 is 5.82 Å². The highest BCUT2D eigenvalue weighted by Crippen LogP contribution is 2.18. The minimum atomic E-state index is -0.499. The monoisotopic (exact) mass is 221 g/mol. The Balaban J connectivity index is 2.14. The first-order valence-corrected chi connectivity index (χ1v) is 5.09. The summed E-state index contributed by atoms with van der Waals surface area (Å²) in [7, 11) is 0. The number of ether oxygens (including phenoxy) is 1. The van der Waals surface area contributed by atoms with Crippen LogP contribution in [0.5, 0.6) is 0 Å². The lowest BCUT2D eigenvalue weighted by Gasteiger charge is -2.28. The lowest BCUT2D eigenvalue weighted by Crippen LogP contribution is -2.40. The second kappa shape index (κ2) is 4.92. The summed E-state index contributed by atoms with van der Waals surface area (Å²) < 4.78 is 18.5. The van der Waals surface area contributed by atoms with Gasteiger partial charge in [0.15, 0.2) is 0 Å². The van der Waals surface area contributed by atoms with Gasteiger partial charge in [-0.1, -0.05) is 6.07 Å². The van der Waals surface area contributed by atoms with E-state index in [1.165, 1.54) is 6.07 Å². The number of rotatable bonds is 2. The van der Waals surface area contributed by atoms with Crippen molar-refractivity contribution < 1.29 is 9.13 Å². The molecule has 0 aliphatic carbocycles. The van der Waals surface area contributed by atoms with Gasteiger partial charge in [0.2, 0.25) is 0 Å². The second-order valence-corrected chi connectivity index (χ2v) is 3.49. The zero-order chi connectivity index (χ0) is 11.4. The fourth-order valence-corrected chi connectivity index (χ4v) is 1.58. The summed E-state index contributed by atoms with van der Waals surface area (Å²) in [4.78, 5) is 0. The van der Waals surface area contributed by atoms with Gasteiger partial charge >= 0.3 is 0 Å². The molecule has 1 N–H and O–H groups in total. The minimum Gasteiger partial charge on any atom is -0.379 e. The standard InChI is InChI=1S/C11H12FN3O/c12-10-2-1-3-11(9(10)8-13)14-15-4-6-16-7-5-15/h1-3,14H,4-7H2. The molecule has 1 aliphatic rings. The zero-order valence-corrected chi connectivity index (χ0v) is 8.74. The predicted molar refractivity (Wildman–Crippen MR) is 57.1 cm³/mol. The Bertz CT molecular complexity index is 410. The van der Waals surface area contributed by atoms with Crippen molar-refractivity contribution in [1.29, 1.82) is 5.26 Å². The predicted octanol–water partition coefficient (Wildman–Crippen LogP) is 1.36. The number of nitrogens with zero attached hydrogens (tertiary/aromatic N) is 2. The smallest absolute Gasteiger partial charge is 0.143 e. The molecule has 0 aromatic heterocycles. The van der Waals surface area contributed by atoms with Crippen molar-refractivity contribution in [1.82, 2.24) is 5.01 Å². The number of anilines is 1. The average Bonchev–Trinajstić information content (AvgIpc) is 2.31. The zero-order valence-electron chi connectivity index (χ0n) is 8.74. The molecule has 1 aliphatic heterocycles. The molecule has 0 radical (unpaired) electrons. The number of nitriles is 1. The molecular formula is C11H12FN3O. The van der Waals surface area contributed by atoms with Crippen LogP contribution in [0.4, 0.5) is 10.1 Å². The highest BCUT2D eigenvalue weighted by Gasteiger charge is 2.13. The molecule has 1 fully saturated rings. The van der Waals surface area contributed by atoms with Crippen molar-refractivity contribution in [2.75, 3.05) is 31.7 Å². The van der Waals surface area contributed by atoms with Crippen LogP contribution in [-0.2, 0) is 4.74 Å². The van der Waals surface area contributed by atoms with Crippen LogP contribution in [0.15, 0.2) is 18.2 Å². The second-order valence-electron chi connectivity index (χ2n) is 3.49. The van der Waals surface area contributed by atoms with Gasteiger partial charge in [0.05, 0.1) is 18.9 Å². The van der Waals surface area contributed by atoms with Crippen molar-refractivity contribution >= 4 is 5.69 Å². The molecular weight excluding hydrogens is 209 g/mol. The maximum absolute atomic E-state index is 13.3. The molecule has 0 amide bonds. The number of morpholine rings is 1. The lowest BCUT2D eigenvalue weighted by molar-refractivity contribution is 0.0496. The van der Waals surface area contributed by atoms with E-state index in [0.29, 0.717) is 18.9 Å². The van der Waals surface area contributed by atoms with E-state index in [1.54, 1.807) is 12.1 Å². The van der Waals surface area contributed by atoms with Gasteiger partial charge in [-0.25, -0.2) is 9.40 Å². The molecule has 1 aromatic carbocycles. The van der Waals surface area contributed by atoms with E-state index >= 15 is 0 Å². The van der Waals surface area contributed by atoms with Gasteiger partial charge in [-0.3, -0.25) is 0 Å². The molecule has 0 bridgehead atoms. The third-order valence-corrected chi connectivity index (χ3v) is 2.42. The van der Waals surface area contributed by atoms with Crippen molar-refractivity contribution in [3.8, 4) is 6.07 Å². The Labute approximate surface area is 93.2 Å². The quantitative estimate of drug-likeness (QED) is 0.819. The summed E-state index contributed by atoms with van der Waals surface area (Å²) >= 11 is 0. The largest absolute Gasteiger partial charge is 0.379 e. The third kappa shape index (κ3) is 2.30. The Morgan fingerprint density at radius 3 is 2.81 bits per heavy atom. The van der Waals surface area contributed by atoms with Crippen LogP contribution in [0.25, 0.3) is 0 Å². The van der Waals surface area contributed by atoms with Gasteiger partial charge < -0.3 is 10.2 Å². The molecule has 5 heteroatoms. The molecule has 84 valence electrons. The average molecular weight is 221 g/mol. The Hall–Kier alpha value is -1.64. The Kier molecular flexibility index (Phi) is 3.34. The summed E-state index contributed by atoms with van der Waals surface area (Å²) in [6.45, 7) is 2.73. The first-order chi connectivity index (χ1) is 7.81. The van der Waals surface area contributed by atoms with Crippen LogP contribution in [0.3, 0.4) is 0 Å². The molecule has 1 aromatic rings. The van der Waals surface area contributed by atoms with E-state index in [-0.39, 0.29) is 5.56 Å². The fraction of sp³-hybridized carbons (Fsp3) is 0.364. The number of halogens is 1. The number of hydrazine groups is 1. The summed E-state index contributed by atoms with van der Waals surface area (Å²) in [6.07, 6.45) is 0. The molecule has 1 saturated heterocycles. The van der Waals surface area contributed by atoms with Crippen molar-refractivity contribution in [2.45, 2.75) is 0 Å². The molecule has 16 heavy (non-hydrogen) atoms. The lowest BCUT2D eigenvalue weighted by atomic mass is 10.2. The van der Waals surface area contributed by atoms with Crippen LogP contribution < -0.4 is 5.43 Å². The summed E-state index contributed by atoms with van der Waals surface area (Å²) in [6, 6.07) is 6.41. The number of hydrogen-bond donors (Lipinski definition) is 1. The van der Waals surface area contributed by atoms with Crippen molar-refractivity contribution in [3.05, 3.63) is 29.6 Å². The molecule has 0 spiro atoms. The maximum Gasteiger partial charge on any atom is 0.143 e.